The first-order valence-corrected chi connectivity index (χ1v) is 9.46. The molecule has 1 unspecified atom stereocenters. The third-order valence-corrected chi connectivity index (χ3v) is 4.68. The van der Waals surface area contributed by atoms with Gasteiger partial charge in [0.15, 0.2) is 17.3 Å². The summed E-state index contributed by atoms with van der Waals surface area (Å²) in [7, 11) is 6.91. The third kappa shape index (κ3) is 4.98. The Labute approximate surface area is 170 Å². The third-order valence-electron chi connectivity index (χ3n) is 4.68. The number of hydrogen-bond acceptors (Lipinski definition) is 7. The standard InChI is InChI=1S/C20H27N5O4/c1-24(2)17-10-11-18(23-22-17)29-14-7-6-12-25(13-14)20(26)21-15-8-5-9-16(27-3)19(15)28-4/h5,8-11,14H,6-7,12-13H2,1-4H3,(H,21,26). The average Bonchev–Trinajstić information content (AvgIpc) is 2.74. The Bertz CT molecular complexity index is 828. The lowest BCUT2D eigenvalue weighted by molar-refractivity contribution is 0.102. The zero-order chi connectivity index (χ0) is 20.8. The maximum atomic E-state index is 12.8. The molecule has 1 aromatic heterocycles. The molecule has 1 atom stereocenters. The monoisotopic (exact) mass is 401 g/mol. The molecule has 1 aliphatic rings. The molecule has 2 aromatic rings. The maximum absolute atomic E-state index is 12.8. The molecule has 0 spiro atoms. The van der Waals surface area contributed by atoms with Crippen LogP contribution in [-0.4, -0.2) is 68.6 Å². The van der Waals surface area contributed by atoms with E-state index in [9.17, 15) is 4.79 Å². The number of ether oxygens (including phenoxy) is 3. The van der Waals surface area contributed by atoms with E-state index in [-0.39, 0.29) is 12.1 Å². The molecule has 0 saturated carbocycles. The largest absolute Gasteiger partial charge is 0.493 e. The smallest absolute Gasteiger partial charge is 0.322 e. The molecular weight excluding hydrogens is 374 g/mol. The number of likely N-dealkylation sites (tertiary alicyclic amines) is 1. The topological polar surface area (TPSA) is 89.1 Å². The number of urea groups is 1. The Morgan fingerprint density at radius 1 is 1.17 bits per heavy atom. The Balaban J connectivity index is 1.62. The second-order valence-corrected chi connectivity index (χ2v) is 6.92. The van der Waals surface area contributed by atoms with E-state index >= 15 is 0 Å². The van der Waals surface area contributed by atoms with Gasteiger partial charge in [-0.05, 0) is 31.0 Å². The first kappa shape index (κ1) is 20.5. The van der Waals surface area contributed by atoms with E-state index in [0.29, 0.717) is 36.2 Å². The molecule has 3 rings (SSSR count). The van der Waals surface area contributed by atoms with Gasteiger partial charge in [0.2, 0.25) is 5.88 Å². The van der Waals surface area contributed by atoms with E-state index in [1.54, 1.807) is 43.4 Å². The Hall–Kier alpha value is -3.23. The number of nitrogens with zero attached hydrogens (tertiary/aromatic N) is 4. The highest BCUT2D eigenvalue weighted by atomic mass is 16.5. The van der Waals surface area contributed by atoms with Crippen LogP contribution in [0.15, 0.2) is 30.3 Å². The second-order valence-electron chi connectivity index (χ2n) is 6.92. The molecule has 1 N–H and O–H groups in total. The summed E-state index contributed by atoms with van der Waals surface area (Å²) in [5.74, 6) is 2.26. The highest BCUT2D eigenvalue weighted by Gasteiger charge is 2.26. The van der Waals surface area contributed by atoms with Crippen molar-refractivity contribution in [3.8, 4) is 17.4 Å². The number of anilines is 2. The molecule has 9 nitrogen and oxygen atoms in total. The maximum Gasteiger partial charge on any atom is 0.322 e. The van der Waals surface area contributed by atoms with E-state index in [0.717, 1.165) is 18.7 Å². The van der Waals surface area contributed by atoms with Crippen molar-refractivity contribution in [2.75, 3.05) is 51.6 Å². The number of amides is 2. The fourth-order valence-corrected chi connectivity index (χ4v) is 3.18. The van der Waals surface area contributed by atoms with Crippen molar-refractivity contribution in [1.82, 2.24) is 15.1 Å². The van der Waals surface area contributed by atoms with Gasteiger partial charge in [0.05, 0.1) is 26.5 Å². The summed E-state index contributed by atoms with van der Waals surface area (Å²) >= 11 is 0. The molecule has 1 aliphatic heterocycles. The summed E-state index contributed by atoms with van der Waals surface area (Å²) in [5, 5.41) is 11.1. The predicted octanol–water partition coefficient (Wildman–Crippen LogP) is 2.64. The van der Waals surface area contributed by atoms with Crippen LogP contribution >= 0.6 is 0 Å². The number of nitrogens with one attached hydrogen (secondary N) is 1. The fourth-order valence-electron chi connectivity index (χ4n) is 3.18. The molecule has 1 fully saturated rings. The van der Waals surface area contributed by atoms with E-state index in [1.807, 2.05) is 25.1 Å². The minimum absolute atomic E-state index is 0.138. The highest BCUT2D eigenvalue weighted by Crippen LogP contribution is 2.35. The summed E-state index contributed by atoms with van der Waals surface area (Å²) in [6.07, 6.45) is 1.56. The number of rotatable bonds is 6. The molecule has 156 valence electrons. The second kappa shape index (κ2) is 9.31. The lowest BCUT2D eigenvalue weighted by atomic mass is 10.1. The molecule has 0 aliphatic carbocycles. The summed E-state index contributed by atoms with van der Waals surface area (Å²) in [4.78, 5) is 16.4. The normalized spacial score (nSPS) is 16.1. The molecule has 2 amide bonds. The number of carbonyl (C=O) groups excluding carboxylic acids is 1. The molecule has 9 heteroatoms. The highest BCUT2D eigenvalue weighted by molar-refractivity contribution is 5.91. The van der Waals surface area contributed by atoms with Gasteiger partial charge in [0.1, 0.15) is 6.10 Å². The van der Waals surface area contributed by atoms with E-state index in [1.165, 1.54) is 0 Å². The van der Waals surface area contributed by atoms with Gasteiger partial charge in [-0.1, -0.05) is 6.07 Å². The molecule has 2 heterocycles. The van der Waals surface area contributed by atoms with Crippen LogP contribution in [0.1, 0.15) is 12.8 Å². The molecule has 0 radical (unpaired) electrons. The van der Waals surface area contributed by atoms with Gasteiger partial charge in [0.25, 0.3) is 0 Å². The van der Waals surface area contributed by atoms with Crippen molar-refractivity contribution in [2.45, 2.75) is 18.9 Å². The van der Waals surface area contributed by atoms with E-state index in [4.69, 9.17) is 14.2 Å². The Kier molecular flexibility index (Phi) is 6.58. The predicted molar refractivity (Wildman–Crippen MR) is 110 cm³/mol. The molecule has 29 heavy (non-hydrogen) atoms. The van der Waals surface area contributed by atoms with Crippen molar-refractivity contribution in [2.24, 2.45) is 0 Å². The number of piperidine rings is 1. The van der Waals surface area contributed by atoms with E-state index in [2.05, 4.69) is 15.5 Å². The van der Waals surface area contributed by atoms with Gasteiger partial charge in [-0.2, -0.15) is 0 Å². The Morgan fingerprint density at radius 3 is 2.66 bits per heavy atom. The quantitative estimate of drug-likeness (QED) is 0.796. The molecule has 1 aromatic carbocycles. The van der Waals surface area contributed by atoms with Crippen LogP contribution in [0.3, 0.4) is 0 Å². The summed E-state index contributed by atoms with van der Waals surface area (Å²) in [6.45, 7) is 1.12. The molecule has 0 bridgehead atoms. The number of carbonyl (C=O) groups is 1. The summed E-state index contributed by atoms with van der Waals surface area (Å²) in [5.41, 5.74) is 0.560. The van der Waals surface area contributed by atoms with Crippen LogP contribution < -0.4 is 24.4 Å². The van der Waals surface area contributed by atoms with Crippen LogP contribution in [0, 0.1) is 0 Å². The van der Waals surface area contributed by atoms with E-state index < -0.39 is 0 Å². The van der Waals surface area contributed by atoms with Gasteiger partial charge in [-0.25, -0.2) is 4.79 Å². The van der Waals surface area contributed by atoms with Crippen LogP contribution in [0.25, 0.3) is 0 Å². The minimum atomic E-state index is -0.209. The first-order valence-electron chi connectivity index (χ1n) is 9.46. The van der Waals surface area contributed by atoms with Crippen LogP contribution in [0.4, 0.5) is 16.3 Å². The number of methoxy groups -OCH3 is 2. The van der Waals surface area contributed by atoms with Gasteiger partial charge in [-0.3, -0.25) is 0 Å². The minimum Gasteiger partial charge on any atom is -0.493 e. The SMILES string of the molecule is COc1cccc(NC(=O)N2CCCC(Oc3ccc(N(C)C)nn3)C2)c1OC. The number of aromatic nitrogens is 2. The zero-order valence-corrected chi connectivity index (χ0v) is 17.2. The fraction of sp³-hybridized carbons (Fsp3) is 0.450. The molecular formula is C20H27N5O4. The van der Waals surface area contributed by atoms with Gasteiger partial charge in [-0.15, -0.1) is 10.2 Å². The number of benzene rings is 1. The van der Waals surface area contributed by atoms with Crippen molar-refractivity contribution in [3.05, 3.63) is 30.3 Å². The summed E-state index contributed by atoms with van der Waals surface area (Å²) in [6, 6.07) is 8.79. The zero-order valence-electron chi connectivity index (χ0n) is 17.2. The average molecular weight is 401 g/mol. The summed E-state index contributed by atoms with van der Waals surface area (Å²) < 4.78 is 16.6. The van der Waals surface area contributed by atoms with Gasteiger partial charge >= 0.3 is 6.03 Å². The van der Waals surface area contributed by atoms with Gasteiger partial charge in [0, 0.05) is 26.7 Å². The lowest BCUT2D eigenvalue weighted by Gasteiger charge is -2.32. The molecule has 1 saturated heterocycles. The Morgan fingerprint density at radius 2 is 2.00 bits per heavy atom. The number of para-hydroxylation sites is 1. The van der Waals surface area contributed by atoms with Gasteiger partial charge < -0.3 is 29.3 Å². The van der Waals surface area contributed by atoms with Crippen molar-refractivity contribution < 1.29 is 19.0 Å². The van der Waals surface area contributed by atoms with Crippen molar-refractivity contribution in [1.29, 1.82) is 0 Å². The van der Waals surface area contributed by atoms with Crippen LogP contribution in [-0.2, 0) is 0 Å². The van der Waals surface area contributed by atoms with Crippen molar-refractivity contribution >= 4 is 17.5 Å². The number of hydrogen-bond donors (Lipinski definition) is 1. The van der Waals surface area contributed by atoms with Crippen molar-refractivity contribution in [3.63, 3.8) is 0 Å². The lowest BCUT2D eigenvalue weighted by Crippen LogP contribution is -2.46. The first-order chi connectivity index (χ1) is 14.0. The van der Waals surface area contributed by atoms with Crippen LogP contribution in [0.2, 0.25) is 0 Å². The van der Waals surface area contributed by atoms with Crippen LogP contribution in [0.5, 0.6) is 17.4 Å².